The molecule has 1 unspecified atom stereocenters. The van der Waals surface area contributed by atoms with Gasteiger partial charge in [-0.25, -0.2) is 9.98 Å². The van der Waals surface area contributed by atoms with Gasteiger partial charge in [0, 0.05) is 47.8 Å². The highest BCUT2D eigenvalue weighted by molar-refractivity contribution is 7.25. The van der Waals surface area contributed by atoms with Crippen molar-refractivity contribution in [2.75, 3.05) is 0 Å². The SMILES string of the molecule is c1ccc(C2=NC(c3ccc(-n4c5ccccc5c5cc6c(cc54)sc4ccccc46)cc3)=NC(c3ccccc3)N2)cc1. The predicted molar refractivity (Wildman–Crippen MR) is 186 cm³/mol. The smallest absolute Gasteiger partial charge is 0.159 e. The van der Waals surface area contributed by atoms with Crippen molar-refractivity contribution in [2.24, 2.45) is 9.98 Å². The second-order valence-electron chi connectivity index (χ2n) is 11.1. The molecule has 0 aliphatic carbocycles. The van der Waals surface area contributed by atoms with Gasteiger partial charge in [0.25, 0.3) is 0 Å². The first-order chi connectivity index (χ1) is 21.8. The zero-order chi connectivity index (χ0) is 29.0. The Morgan fingerprint density at radius 2 is 1.25 bits per heavy atom. The second kappa shape index (κ2) is 10.0. The minimum atomic E-state index is -0.223. The summed E-state index contributed by atoms with van der Waals surface area (Å²) in [5, 5.41) is 8.71. The van der Waals surface area contributed by atoms with Gasteiger partial charge < -0.3 is 9.88 Å². The zero-order valence-corrected chi connectivity index (χ0v) is 24.5. The molecule has 2 aromatic heterocycles. The highest BCUT2D eigenvalue weighted by atomic mass is 32.1. The van der Waals surface area contributed by atoms with Gasteiger partial charge in [0.15, 0.2) is 5.84 Å². The van der Waals surface area contributed by atoms with Crippen LogP contribution in [0.5, 0.6) is 0 Å². The standard InChI is InChI=1S/C39H26N4S/c1-3-11-25(12-4-1)37-40-38(26-13-5-2-6-14-26)42-39(41-37)27-19-21-28(22-20-27)43-33-17-9-7-15-29(33)31-23-32-30-16-8-10-18-35(30)44-36(32)24-34(31)43/h1-24,37H,(H,40,41,42). The lowest BCUT2D eigenvalue weighted by molar-refractivity contribution is 0.674. The van der Waals surface area contributed by atoms with Crippen LogP contribution >= 0.6 is 11.3 Å². The number of hydrogen-bond acceptors (Lipinski definition) is 4. The number of nitrogens with zero attached hydrogens (tertiary/aromatic N) is 3. The number of amidine groups is 2. The van der Waals surface area contributed by atoms with Crippen molar-refractivity contribution < 1.29 is 0 Å². The highest BCUT2D eigenvalue weighted by Gasteiger charge is 2.21. The minimum Gasteiger partial charge on any atom is -0.344 e. The van der Waals surface area contributed by atoms with Crippen molar-refractivity contribution in [2.45, 2.75) is 6.17 Å². The molecule has 0 saturated carbocycles. The molecule has 0 fully saturated rings. The van der Waals surface area contributed by atoms with E-state index >= 15 is 0 Å². The molecule has 3 heterocycles. The highest BCUT2D eigenvalue weighted by Crippen LogP contribution is 2.40. The van der Waals surface area contributed by atoms with E-state index in [-0.39, 0.29) is 6.17 Å². The van der Waals surface area contributed by atoms with Crippen molar-refractivity contribution in [3.8, 4) is 5.69 Å². The molecule has 8 aromatic rings. The molecular formula is C39H26N4S. The third-order valence-corrected chi connectivity index (χ3v) is 9.59. The van der Waals surface area contributed by atoms with E-state index in [2.05, 4.69) is 119 Å². The summed E-state index contributed by atoms with van der Waals surface area (Å²) < 4.78 is 5.01. The van der Waals surface area contributed by atoms with Gasteiger partial charge in [-0.05, 0) is 54.1 Å². The molecule has 0 saturated heterocycles. The Morgan fingerprint density at radius 1 is 0.545 bits per heavy atom. The number of nitrogens with one attached hydrogen (secondary N) is 1. The first kappa shape index (κ1) is 25.0. The molecule has 5 heteroatoms. The van der Waals surface area contributed by atoms with E-state index in [0.29, 0.717) is 0 Å². The molecule has 1 aliphatic rings. The largest absolute Gasteiger partial charge is 0.344 e. The van der Waals surface area contributed by atoms with Crippen molar-refractivity contribution in [1.82, 2.24) is 9.88 Å². The van der Waals surface area contributed by atoms with Crippen molar-refractivity contribution >= 4 is 65.0 Å². The summed E-state index contributed by atoms with van der Waals surface area (Å²) in [4.78, 5) is 10.1. The summed E-state index contributed by atoms with van der Waals surface area (Å²) in [5.41, 5.74) is 6.65. The molecule has 44 heavy (non-hydrogen) atoms. The summed E-state index contributed by atoms with van der Waals surface area (Å²) in [6.07, 6.45) is -0.223. The lowest BCUT2D eigenvalue weighted by Crippen LogP contribution is -2.33. The molecule has 9 rings (SSSR count). The molecule has 4 nitrogen and oxygen atoms in total. The van der Waals surface area contributed by atoms with Gasteiger partial charge in [-0.3, -0.25) is 0 Å². The van der Waals surface area contributed by atoms with E-state index in [0.717, 1.165) is 34.0 Å². The van der Waals surface area contributed by atoms with E-state index in [1.165, 1.54) is 42.0 Å². The van der Waals surface area contributed by atoms with Gasteiger partial charge in [0.2, 0.25) is 0 Å². The van der Waals surface area contributed by atoms with Gasteiger partial charge >= 0.3 is 0 Å². The van der Waals surface area contributed by atoms with Crippen LogP contribution in [0.15, 0.2) is 156 Å². The Hall–Kier alpha value is -5.52. The molecular weight excluding hydrogens is 557 g/mol. The number of benzene rings is 6. The monoisotopic (exact) mass is 582 g/mol. The van der Waals surface area contributed by atoms with Crippen LogP contribution in [-0.4, -0.2) is 16.2 Å². The predicted octanol–water partition coefficient (Wildman–Crippen LogP) is 9.65. The van der Waals surface area contributed by atoms with Crippen LogP contribution < -0.4 is 5.32 Å². The van der Waals surface area contributed by atoms with Gasteiger partial charge in [-0.15, -0.1) is 11.3 Å². The van der Waals surface area contributed by atoms with Crippen molar-refractivity contribution in [3.05, 3.63) is 162 Å². The Bertz CT molecular complexity index is 2400. The number of rotatable bonds is 4. The fraction of sp³-hybridized carbons (Fsp3) is 0.0256. The lowest BCUT2D eigenvalue weighted by Gasteiger charge is -2.23. The first-order valence-corrected chi connectivity index (χ1v) is 15.6. The summed E-state index contributed by atoms with van der Waals surface area (Å²) >= 11 is 1.86. The molecule has 208 valence electrons. The summed E-state index contributed by atoms with van der Waals surface area (Å²) in [6, 6.07) is 51.4. The van der Waals surface area contributed by atoms with E-state index in [1.807, 2.05) is 47.7 Å². The Kier molecular flexibility index (Phi) is 5.71. The Labute approximate surface area is 258 Å². The summed E-state index contributed by atoms with van der Waals surface area (Å²) in [5.74, 6) is 1.54. The molecule has 0 radical (unpaired) electrons. The number of aliphatic imine (C=N–C) groups is 2. The number of para-hydroxylation sites is 1. The number of thiophene rings is 1. The van der Waals surface area contributed by atoms with Gasteiger partial charge in [-0.2, -0.15) is 0 Å². The average Bonchev–Trinajstić information content (AvgIpc) is 3.62. The fourth-order valence-electron chi connectivity index (χ4n) is 6.35. The molecule has 1 aliphatic heterocycles. The topological polar surface area (TPSA) is 41.7 Å². The van der Waals surface area contributed by atoms with E-state index in [4.69, 9.17) is 9.98 Å². The van der Waals surface area contributed by atoms with Crippen LogP contribution in [0.3, 0.4) is 0 Å². The quantitative estimate of drug-likeness (QED) is 0.221. The maximum absolute atomic E-state index is 5.06. The van der Waals surface area contributed by atoms with Crippen LogP contribution in [0.25, 0.3) is 47.7 Å². The van der Waals surface area contributed by atoms with E-state index in [1.54, 1.807) is 0 Å². The second-order valence-corrected chi connectivity index (χ2v) is 12.2. The molecule has 1 N–H and O–H groups in total. The van der Waals surface area contributed by atoms with Gasteiger partial charge in [0.1, 0.15) is 12.0 Å². The van der Waals surface area contributed by atoms with E-state index in [9.17, 15) is 0 Å². The van der Waals surface area contributed by atoms with Crippen molar-refractivity contribution in [3.63, 3.8) is 0 Å². The molecule has 0 spiro atoms. The Morgan fingerprint density at radius 3 is 2.07 bits per heavy atom. The van der Waals surface area contributed by atoms with E-state index < -0.39 is 0 Å². The lowest BCUT2D eigenvalue weighted by atomic mass is 10.1. The summed E-state index contributed by atoms with van der Waals surface area (Å²) in [6.45, 7) is 0. The third-order valence-electron chi connectivity index (χ3n) is 8.46. The molecule has 0 bridgehead atoms. The van der Waals surface area contributed by atoms with Crippen molar-refractivity contribution in [1.29, 1.82) is 0 Å². The first-order valence-electron chi connectivity index (χ1n) is 14.8. The maximum atomic E-state index is 5.06. The van der Waals surface area contributed by atoms with Crippen LogP contribution in [0.4, 0.5) is 0 Å². The fourth-order valence-corrected chi connectivity index (χ4v) is 7.47. The van der Waals surface area contributed by atoms with Crippen LogP contribution in [0.2, 0.25) is 0 Å². The van der Waals surface area contributed by atoms with Gasteiger partial charge in [0.05, 0.1) is 11.0 Å². The average molecular weight is 583 g/mol. The van der Waals surface area contributed by atoms with Crippen LogP contribution in [0.1, 0.15) is 22.9 Å². The molecule has 6 aromatic carbocycles. The maximum Gasteiger partial charge on any atom is 0.159 e. The van der Waals surface area contributed by atoms with Gasteiger partial charge in [-0.1, -0.05) is 97.1 Å². The third kappa shape index (κ3) is 4.05. The van der Waals surface area contributed by atoms with Crippen LogP contribution in [-0.2, 0) is 0 Å². The zero-order valence-electron chi connectivity index (χ0n) is 23.7. The number of fused-ring (bicyclic) bond motifs is 6. The molecule has 0 amide bonds. The number of aromatic nitrogens is 1. The normalized spacial score (nSPS) is 15.0. The minimum absolute atomic E-state index is 0.223. The molecule has 1 atom stereocenters. The summed E-state index contributed by atoms with van der Waals surface area (Å²) in [7, 11) is 0. The number of hydrogen-bond donors (Lipinski definition) is 1. The van der Waals surface area contributed by atoms with Crippen LogP contribution in [0, 0.1) is 0 Å². The Balaban J connectivity index is 1.18.